The Morgan fingerprint density at radius 1 is 1.22 bits per heavy atom. The molecule has 0 atom stereocenters. The van der Waals surface area contributed by atoms with E-state index in [-0.39, 0.29) is 0 Å². The van der Waals surface area contributed by atoms with Crippen molar-refractivity contribution >= 4 is 17.0 Å². The standard InChI is InChI=1S/C13H14F2N2S/c14-10-3-4-13(12(15)8-10)17(6-5-16)9-11-2-1-7-18-11/h1-4,7-8H,5-6,9,16H2. The molecule has 2 aromatic rings. The average Bonchev–Trinajstić information content (AvgIpc) is 2.81. The predicted octanol–water partition coefficient (Wildman–Crippen LogP) is 2.99. The van der Waals surface area contributed by atoms with Crippen molar-refractivity contribution in [3.63, 3.8) is 0 Å². The molecule has 0 amide bonds. The SMILES string of the molecule is NCCN(Cc1cccs1)c1ccc(F)cc1F. The van der Waals surface area contributed by atoms with E-state index >= 15 is 0 Å². The summed E-state index contributed by atoms with van der Waals surface area (Å²) < 4.78 is 26.6. The summed E-state index contributed by atoms with van der Waals surface area (Å²) in [5, 5.41) is 1.97. The molecule has 18 heavy (non-hydrogen) atoms. The first-order valence-electron chi connectivity index (χ1n) is 5.63. The second-order valence-electron chi connectivity index (χ2n) is 3.89. The maximum absolute atomic E-state index is 13.7. The van der Waals surface area contributed by atoms with E-state index in [1.165, 1.54) is 12.1 Å². The van der Waals surface area contributed by atoms with E-state index < -0.39 is 11.6 Å². The van der Waals surface area contributed by atoms with Crippen LogP contribution in [0.15, 0.2) is 35.7 Å². The van der Waals surface area contributed by atoms with Crippen molar-refractivity contribution in [1.82, 2.24) is 0 Å². The van der Waals surface area contributed by atoms with Crippen LogP contribution in [0.3, 0.4) is 0 Å². The lowest BCUT2D eigenvalue weighted by molar-refractivity contribution is 0.578. The van der Waals surface area contributed by atoms with E-state index in [1.807, 2.05) is 22.4 Å². The van der Waals surface area contributed by atoms with Crippen LogP contribution in [0, 0.1) is 11.6 Å². The van der Waals surface area contributed by atoms with Crippen molar-refractivity contribution in [2.75, 3.05) is 18.0 Å². The van der Waals surface area contributed by atoms with E-state index in [2.05, 4.69) is 0 Å². The molecule has 2 rings (SSSR count). The number of hydrogen-bond donors (Lipinski definition) is 1. The molecule has 0 spiro atoms. The van der Waals surface area contributed by atoms with Crippen LogP contribution in [0.25, 0.3) is 0 Å². The number of halogens is 2. The van der Waals surface area contributed by atoms with E-state index in [0.29, 0.717) is 25.3 Å². The molecule has 0 aliphatic rings. The Kier molecular flexibility index (Phi) is 4.28. The first-order chi connectivity index (χ1) is 8.70. The molecule has 0 aliphatic carbocycles. The summed E-state index contributed by atoms with van der Waals surface area (Å²) in [6, 6.07) is 7.54. The molecule has 96 valence electrons. The van der Waals surface area contributed by atoms with Crippen LogP contribution in [-0.2, 0) is 6.54 Å². The zero-order chi connectivity index (χ0) is 13.0. The summed E-state index contributed by atoms with van der Waals surface area (Å²) >= 11 is 1.60. The second-order valence-corrected chi connectivity index (χ2v) is 4.92. The Hall–Kier alpha value is -1.46. The molecule has 0 saturated carbocycles. The molecule has 1 heterocycles. The number of benzene rings is 1. The Bertz CT molecular complexity index is 500. The van der Waals surface area contributed by atoms with Crippen molar-refractivity contribution in [1.29, 1.82) is 0 Å². The number of rotatable bonds is 5. The van der Waals surface area contributed by atoms with Gasteiger partial charge in [0.05, 0.1) is 12.2 Å². The van der Waals surface area contributed by atoms with Gasteiger partial charge in [-0.3, -0.25) is 0 Å². The van der Waals surface area contributed by atoms with Crippen molar-refractivity contribution in [3.05, 3.63) is 52.2 Å². The van der Waals surface area contributed by atoms with Gasteiger partial charge < -0.3 is 10.6 Å². The zero-order valence-electron chi connectivity index (χ0n) is 9.77. The number of nitrogens with two attached hydrogens (primary N) is 1. The Morgan fingerprint density at radius 3 is 2.67 bits per heavy atom. The minimum absolute atomic E-state index is 0.384. The van der Waals surface area contributed by atoms with Crippen molar-refractivity contribution in [3.8, 4) is 0 Å². The highest BCUT2D eigenvalue weighted by molar-refractivity contribution is 7.09. The molecule has 0 radical (unpaired) electrons. The minimum Gasteiger partial charge on any atom is -0.363 e. The van der Waals surface area contributed by atoms with Gasteiger partial charge in [-0.25, -0.2) is 8.78 Å². The van der Waals surface area contributed by atoms with Crippen LogP contribution in [-0.4, -0.2) is 13.1 Å². The molecule has 1 aromatic carbocycles. The molecule has 2 nitrogen and oxygen atoms in total. The van der Waals surface area contributed by atoms with Crippen LogP contribution in [0.2, 0.25) is 0 Å². The third-order valence-corrected chi connectivity index (χ3v) is 3.44. The summed E-state index contributed by atoms with van der Waals surface area (Å²) in [5.41, 5.74) is 5.93. The summed E-state index contributed by atoms with van der Waals surface area (Å²) in [6.07, 6.45) is 0. The molecule has 5 heteroatoms. The van der Waals surface area contributed by atoms with Gasteiger partial charge in [-0.05, 0) is 23.6 Å². The molecule has 0 fully saturated rings. The quantitative estimate of drug-likeness (QED) is 0.903. The van der Waals surface area contributed by atoms with E-state index in [9.17, 15) is 8.78 Å². The summed E-state index contributed by atoms with van der Waals surface area (Å²) in [7, 11) is 0. The van der Waals surface area contributed by atoms with Crippen LogP contribution in [0.5, 0.6) is 0 Å². The lowest BCUT2D eigenvalue weighted by atomic mass is 10.2. The van der Waals surface area contributed by atoms with Crippen LogP contribution < -0.4 is 10.6 Å². The molecule has 0 bridgehead atoms. The molecular formula is C13H14F2N2S. The van der Waals surface area contributed by atoms with Crippen molar-refractivity contribution in [2.45, 2.75) is 6.54 Å². The van der Waals surface area contributed by atoms with Gasteiger partial charge in [0.25, 0.3) is 0 Å². The van der Waals surface area contributed by atoms with Gasteiger partial charge in [-0.15, -0.1) is 11.3 Å². The van der Waals surface area contributed by atoms with Crippen LogP contribution >= 0.6 is 11.3 Å². The average molecular weight is 268 g/mol. The molecule has 2 N–H and O–H groups in total. The smallest absolute Gasteiger partial charge is 0.149 e. The highest BCUT2D eigenvalue weighted by Gasteiger charge is 2.12. The van der Waals surface area contributed by atoms with Crippen LogP contribution in [0.1, 0.15) is 4.88 Å². The van der Waals surface area contributed by atoms with E-state index in [4.69, 9.17) is 5.73 Å². The molecule has 0 saturated heterocycles. The normalized spacial score (nSPS) is 10.6. The number of anilines is 1. The van der Waals surface area contributed by atoms with E-state index in [1.54, 1.807) is 11.3 Å². The summed E-state index contributed by atoms with van der Waals surface area (Å²) in [6.45, 7) is 1.53. The van der Waals surface area contributed by atoms with Gasteiger partial charge in [-0.2, -0.15) is 0 Å². The van der Waals surface area contributed by atoms with Crippen LogP contribution in [0.4, 0.5) is 14.5 Å². The fourth-order valence-electron chi connectivity index (χ4n) is 1.77. The lowest BCUT2D eigenvalue weighted by Crippen LogP contribution is -2.29. The topological polar surface area (TPSA) is 29.3 Å². The summed E-state index contributed by atoms with van der Waals surface area (Å²) in [5.74, 6) is -1.12. The largest absolute Gasteiger partial charge is 0.363 e. The number of nitrogens with zero attached hydrogens (tertiary/aromatic N) is 1. The van der Waals surface area contributed by atoms with Gasteiger partial charge in [0.1, 0.15) is 11.6 Å². The maximum atomic E-state index is 13.7. The first kappa shape index (κ1) is 13.0. The fraction of sp³-hybridized carbons (Fsp3) is 0.231. The first-order valence-corrected chi connectivity index (χ1v) is 6.51. The monoisotopic (exact) mass is 268 g/mol. The van der Waals surface area contributed by atoms with Crippen molar-refractivity contribution < 1.29 is 8.78 Å². The van der Waals surface area contributed by atoms with Gasteiger partial charge >= 0.3 is 0 Å². The van der Waals surface area contributed by atoms with E-state index in [0.717, 1.165) is 10.9 Å². The third-order valence-electron chi connectivity index (χ3n) is 2.58. The van der Waals surface area contributed by atoms with Gasteiger partial charge in [0.15, 0.2) is 0 Å². The Morgan fingerprint density at radius 2 is 2.06 bits per heavy atom. The minimum atomic E-state index is -0.569. The molecular weight excluding hydrogens is 254 g/mol. The van der Waals surface area contributed by atoms with Gasteiger partial charge in [0.2, 0.25) is 0 Å². The third kappa shape index (κ3) is 3.05. The molecule has 0 aliphatic heterocycles. The highest BCUT2D eigenvalue weighted by atomic mass is 32.1. The van der Waals surface area contributed by atoms with Gasteiger partial charge in [0, 0.05) is 24.0 Å². The summed E-state index contributed by atoms with van der Waals surface area (Å²) in [4.78, 5) is 2.94. The second kappa shape index (κ2) is 5.93. The molecule has 1 aromatic heterocycles. The maximum Gasteiger partial charge on any atom is 0.149 e. The Balaban J connectivity index is 2.23. The van der Waals surface area contributed by atoms with Gasteiger partial charge in [-0.1, -0.05) is 6.07 Å². The number of thiophene rings is 1. The predicted molar refractivity (Wildman–Crippen MR) is 70.8 cm³/mol. The van der Waals surface area contributed by atoms with Crippen molar-refractivity contribution in [2.24, 2.45) is 5.73 Å². The Labute approximate surface area is 109 Å². The lowest BCUT2D eigenvalue weighted by Gasteiger charge is -2.24. The number of hydrogen-bond acceptors (Lipinski definition) is 3. The fourth-order valence-corrected chi connectivity index (χ4v) is 2.49. The zero-order valence-corrected chi connectivity index (χ0v) is 10.6. The molecule has 0 unspecified atom stereocenters. The highest BCUT2D eigenvalue weighted by Crippen LogP contribution is 2.23.